The average Bonchev–Trinajstić information content (AvgIpc) is 2.79. The third-order valence-corrected chi connectivity index (χ3v) is 5.64. The molecule has 3 aromatic rings. The molecule has 5 nitrogen and oxygen atoms in total. The van der Waals surface area contributed by atoms with Crippen LogP contribution in [0.3, 0.4) is 0 Å². The first-order valence-corrected chi connectivity index (χ1v) is 11.0. The van der Waals surface area contributed by atoms with Crippen LogP contribution in [0.4, 0.5) is 13.2 Å². The zero-order chi connectivity index (χ0) is 25.1. The van der Waals surface area contributed by atoms with Crippen LogP contribution < -0.4 is 10.4 Å². The predicted molar refractivity (Wildman–Crippen MR) is 123 cm³/mol. The Morgan fingerprint density at radius 2 is 1.74 bits per heavy atom. The summed E-state index contributed by atoms with van der Waals surface area (Å²) in [5, 5.41) is 0.609. The highest BCUT2D eigenvalue weighted by atomic mass is 19.4. The standard InChI is InChI=1S/C26H27F3O5/c1-5-17-8-6-7-9-20(17)21-12-18-10-11-19(13-22(18)34-24(21)31)32-14-25(4,26(27,28)29)15-33-23(30)16(2)3/h6-13,16H,5,14-15H2,1-4H3. The second-order valence-corrected chi connectivity index (χ2v) is 8.77. The lowest BCUT2D eigenvalue weighted by Crippen LogP contribution is -2.45. The van der Waals surface area contributed by atoms with Crippen LogP contribution in [-0.4, -0.2) is 25.4 Å². The minimum atomic E-state index is -4.67. The molecule has 1 aromatic heterocycles. The Balaban J connectivity index is 1.85. The lowest BCUT2D eigenvalue weighted by Gasteiger charge is -2.31. The number of carbonyl (C=O) groups excluding carboxylic acids is 1. The summed E-state index contributed by atoms with van der Waals surface area (Å²) < 4.78 is 56.8. The Kier molecular flexibility index (Phi) is 7.38. The summed E-state index contributed by atoms with van der Waals surface area (Å²) in [7, 11) is 0. The Bertz CT molecular complexity index is 1230. The zero-order valence-corrected chi connectivity index (χ0v) is 19.5. The summed E-state index contributed by atoms with van der Waals surface area (Å²) in [6.45, 7) is 4.36. The minimum absolute atomic E-state index is 0.100. The average molecular weight is 476 g/mol. The van der Waals surface area contributed by atoms with E-state index < -0.39 is 42.3 Å². The van der Waals surface area contributed by atoms with Crippen molar-refractivity contribution in [2.24, 2.45) is 11.3 Å². The van der Waals surface area contributed by atoms with Gasteiger partial charge in [0.1, 0.15) is 30.0 Å². The van der Waals surface area contributed by atoms with Gasteiger partial charge in [-0.3, -0.25) is 4.79 Å². The van der Waals surface area contributed by atoms with Crippen molar-refractivity contribution in [1.82, 2.24) is 0 Å². The van der Waals surface area contributed by atoms with Crippen LogP contribution in [0.1, 0.15) is 33.3 Å². The summed E-state index contributed by atoms with van der Waals surface area (Å²) in [4.78, 5) is 24.3. The molecule has 34 heavy (non-hydrogen) atoms. The van der Waals surface area contributed by atoms with Crippen molar-refractivity contribution in [3.63, 3.8) is 0 Å². The molecule has 182 valence electrons. The third kappa shape index (κ3) is 5.43. The van der Waals surface area contributed by atoms with Gasteiger partial charge in [0.2, 0.25) is 0 Å². The molecule has 8 heteroatoms. The van der Waals surface area contributed by atoms with Crippen molar-refractivity contribution in [3.8, 4) is 16.9 Å². The summed E-state index contributed by atoms with van der Waals surface area (Å²) in [5.74, 6) is -1.16. The van der Waals surface area contributed by atoms with Crippen molar-refractivity contribution in [2.45, 2.75) is 40.3 Å². The van der Waals surface area contributed by atoms with Crippen molar-refractivity contribution in [1.29, 1.82) is 0 Å². The van der Waals surface area contributed by atoms with Crippen LogP contribution in [-0.2, 0) is 16.0 Å². The normalized spacial score (nSPS) is 13.6. The molecular formula is C26H27F3O5. The van der Waals surface area contributed by atoms with Gasteiger partial charge in [-0.15, -0.1) is 0 Å². The van der Waals surface area contributed by atoms with Gasteiger partial charge in [-0.2, -0.15) is 13.2 Å². The molecule has 1 atom stereocenters. The van der Waals surface area contributed by atoms with Crippen molar-refractivity contribution in [3.05, 3.63) is 64.5 Å². The Hall–Kier alpha value is -3.29. The van der Waals surface area contributed by atoms with Crippen LogP contribution in [0.5, 0.6) is 5.75 Å². The molecule has 0 saturated carbocycles. The maximum atomic E-state index is 13.7. The molecule has 0 aliphatic rings. The first kappa shape index (κ1) is 25.3. The number of ether oxygens (including phenoxy) is 2. The van der Waals surface area contributed by atoms with Gasteiger partial charge in [0.05, 0.1) is 11.5 Å². The largest absolute Gasteiger partial charge is 0.492 e. The Labute approximate surface area is 195 Å². The van der Waals surface area contributed by atoms with E-state index in [1.54, 1.807) is 26.0 Å². The molecule has 0 spiro atoms. The van der Waals surface area contributed by atoms with E-state index in [9.17, 15) is 22.8 Å². The number of esters is 1. The molecule has 0 N–H and O–H groups in total. The van der Waals surface area contributed by atoms with Crippen molar-refractivity contribution >= 4 is 16.9 Å². The second-order valence-electron chi connectivity index (χ2n) is 8.77. The minimum Gasteiger partial charge on any atom is -0.492 e. The number of benzene rings is 2. The van der Waals surface area contributed by atoms with E-state index in [2.05, 4.69) is 0 Å². The van der Waals surface area contributed by atoms with Gasteiger partial charge in [0, 0.05) is 11.5 Å². The lowest BCUT2D eigenvalue weighted by atomic mass is 9.92. The van der Waals surface area contributed by atoms with Gasteiger partial charge < -0.3 is 13.9 Å². The molecule has 1 heterocycles. The van der Waals surface area contributed by atoms with Crippen LogP contribution in [0.2, 0.25) is 0 Å². The van der Waals surface area contributed by atoms with Gasteiger partial charge in [-0.25, -0.2) is 4.79 Å². The number of hydrogen-bond donors (Lipinski definition) is 0. The van der Waals surface area contributed by atoms with E-state index in [1.807, 2.05) is 31.2 Å². The number of carbonyl (C=O) groups is 1. The quantitative estimate of drug-likeness (QED) is 0.287. The fraction of sp³-hybridized carbons (Fsp3) is 0.385. The van der Waals surface area contributed by atoms with Gasteiger partial charge in [-0.1, -0.05) is 45.0 Å². The van der Waals surface area contributed by atoms with E-state index in [4.69, 9.17) is 13.9 Å². The summed E-state index contributed by atoms with van der Waals surface area (Å²) >= 11 is 0. The molecule has 0 saturated heterocycles. The number of rotatable bonds is 8. The van der Waals surface area contributed by atoms with Crippen LogP contribution >= 0.6 is 0 Å². The van der Waals surface area contributed by atoms with Gasteiger partial charge in [0.25, 0.3) is 0 Å². The van der Waals surface area contributed by atoms with E-state index in [0.717, 1.165) is 24.5 Å². The number of aryl methyl sites for hydroxylation is 1. The highest BCUT2D eigenvalue weighted by molar-refractivity contribution is 5.83. The molecule has 0 aliphatic carbocycles. The molecule has 2 aromatic carbocycles. The van der Waals surface area contributed by atoms with Gasteiger partial charge in [0.15, 0.2) is 0 Å². The van der Waals surface area contributed by atoms with Crippen LogP contribution in [0.25, 0.3) is 22.1 Å². The first-order valence-electron chi connectivity index (χ1n) is 11.0. The van der Waals surface area contributed by atoms with Gasteiger partial charge in [-0.05, 0) is 42.7 Å². The number of alkyl halides is 3. The third-order valence-electron chi connectivity index (χ3n) is 5.64. The second kappa shape index (κ2) is 9.91. The zero-order valence-electron chi connectivity index (χ0n) is 19.5. The van der Waals surface area contributed by atoms with E-state index >= 15 is 0 Å². The monoisotopic (exact) mass is 476 g/mol. The Morgan fingerprint density at radius 3 is 2.38 bits per heavy atom. The molecule has 0 radical (unpaired) electrons. The van der Waals surface area contributed by atoms with E-state index in [0.29, 0.717) is 10.9 Å². The van der Waals surface area contributed by atoms with Crippen LogP contribution in [0, 0.1) is 11.3 Å². The summed E-state index contributed by atoms with van der Waals surface area (Å²) in [6, 6.07) is 13.7. The maximum absolute atomic E-state index is 13.7. The molecule has 0 aliphatic heterocycles. The Morgan fingerprint density at radius 1 is 1.03 bits per heavy atom. The summed E-state index contributed by atoms with van der Waals surface area (Å²) in [5.41, 5.74) is -0.584. The predicted octanol–water partition coefficient (Wildman–Crippen LogP) is 6.17. The highest BCUT2D eigenvalue weighted by Gasteiger charge is 2.53. The van der Waals surface area contributed by atoms with E-state index in [1.165, 1.54) is 12.1 Å². The van der Waals surface area contributed by atoms with Crippen molar-refractivity contribution < 1.29 is 31.9 Å². The SMILES string of the molecule is CCc1ccccc1-c1cc2ccc(OCC(C)(COC(=O)C(C)C)C(F)(F)F)cc2oc1=O. The molecule has 3 rings (SSSR count). The molecule has 0 amide bonds. The number of hydrogen-bond acceptors (Lipinski definition) is 5. The molecule has 0 fully saturated rings. The van der Waals surface area contributed by atoms with Crippen LogP contribution in [0.15, 0.2) is 57.7 Å². The first-order chi connectivity index (χ1) is 15.9. The smallest absolute Gasteiger partial charge is 0.400 e. The fourth-order valence-corrected chi connectivity index (χ4v) is 3.31. The lowest BCUT2D eigenvalue weighted by molar-refractivity contribution is -0.241. The van der Waals surface area contributed by atoms with Crippen molar-refractivity contribution in [2.75, 3.05) is 13.2 Å². The van der Waals surface area contributed by atoms with E-state index in [-0.39, 0.29) is 11.3 Å². The number of halogens is 3. The van der Waals surface area contributed by atoms with Gasteiger partial charge >= 0.3 is 17.8 Å². The number of fused-ring (bicyclic) bond motifs is 1. The molecule has 0 bridgehead atoms. The summed E-state index contributed by atoms with van der Waals surface area (Å²) in [6.07, 6.45) is -3.93. The fourth-order valence-electron chi connectivity index (χ4n) is 3.31. The maximum Gasteiger partial charge on any atom is 0.400 e. The molecular weight excluding hydrogens is 449 g/mol. The topological polar surface area (TPSA) is 65.7 Å². The highest BCUT2D eigenvalue weighted by Crippen LogP contribution is 2.39. The molecule has 1 unspecified atom stereocenters.